The van der Waals surface area contributed by atoms with Crippen LogP contribution in [0.1, 0.15) is 30.5 Å². The van der Waals surface area contributed by atoms with Crippen molar-refractivity contribution in [2.24, 2.45) is 0 Å². The normalized spacial score (nSPS) is 15.5. The molecule has 0 aromatic heterocycles. The van der Waals surface area contributed by atoms with Crippen LogP contribution in [-0.4, -0.2) is 18.6 Å². The van der Waals surface area contributed by atoms with E-state index in [0.717, 1.165) is 23.3 Å². The van der Waals surface area contributed by atoms with E-state index in [1.165, 1.54) is 0 Å². The molecule has 1 N–H and O–H groups in total. The lowest BCUT2D eigenvalue weighted by atomic mass is 10.0. The molecule has 1 unspecified atom stereocenters. The molecule has 0 saturated carbocycles. The minimum absolute atomic E-state index is 0.00320. The van der Waals surface area contributed by atoms with E-state index >= 15 is 0 Å². The van der Waals surface area contributed by atoms with Crippen LogP contribution in [0.4, 0.5) is 5.69 Å². The first-order chi connectivity index (χ1) is 13.0. The summed E-state index contributed by atoms with van der Waals surface area (Å²) in [5, 5.41) is 12.3. The molecule has 3 rings (SSSR count). The van der Waals surface area contributed by atoms with Gasteiger partial charge in [-0.3, -0.25) is 4.79 Å². The van der Waals surface area contributed by atoms with Crippen LogP contribution in [0, 0.1) is 18.3 Å². The van der Waals surface area contributed by atoms with Gasteiger partial charge in [-0.05, 0) is 56.7 Å². The minimum Gasteiger partial charge on any atom is -0.493 e. The Kier molecular flexibility index (Phi) is 5.46. The second-order valence-electron chi connectivity index (χ2n) is 6.56. The Morgan fingerprint density at radius 3 is 2.93 bits per heavy atom. The van der Waals surface area contributed by atoms with Crippen LogP contribution in [-0.2, 0) is 11.2 Å². The van der Waals surface area contributed by atoms with Crippen molar-refractivity contribution in [3.63, 3.8) is 0 Å². The summed E-state index contributed by atoms with van der Waals surface area (Å²) in [7, 11) is 0. The lowest BCUT2D eigenvalue weighted by Crippen LogP contribution is -2.13. The predicted octanol–water partition coefficient (Wildman–Crippen LogP) is 4.26. The number of carbonyl (C=O) groups is 1. The number of fused-ring (bicyclic) bond motifs is 1. The van der Waals surface area contributed by atoms with Crippen molar-refractivity contribution in [3.8, 4) is 17.6 Å². The van der Waals surface area contributed by atoms with Crippen molar-refractivity contribution in [3.05, 3.63) is 58.7 Å². The number of anilines is 1. The first-order valence-corrected chi connectivity index (χ1v) is 8.96. The second-order valence-corrected chi connectivity index (χ2v) is 6.56. The number of nitriles is 1. The highest BCUT2D eigenvalue weighted by Crippen LogP contribution is 2.36. The summed E-state index contributed by atoms with van der Waals surface area (Å²) in [5.41, 5.74) is 3.41. The van der Waals surface area contributed by atoms with Crippen molar-refractivity contribution in [2.45, 2.75) is 33.3 Å². The Morgan fingerprint density at radius 1 is 1.41 bits per heavy atom. The van der Waals surface area contributed by atoms with Crippen molar-refractivity contribution in [1.29, 1.82) is 5.26 Å². The number of nitrogens with zero attached hydrogens (tertiary/aromatic N) is 1. The van der Waals surface area contributed by atoms with E-state index in [0.29, 0.717) is 23.6 Å². The molecule has 5 nitrogen and oxygen atoms in total. The molecule has 2 aromatic carbocycles. The highest BCUT2D eigenvalue weighted by Gasteiger charge is 2.22. The number of rotatable bonds is 5. The van der Waals surface area contributed by atoms with Crippen LogP contribution in [0.2, 0.25) is 0 Å². The van der Waals surface area contributed by atoms with Gasteiger partial charge < -0.3 is 14.8 Å². The quantitative estimate of drug-likeness (QED) is 0.637. The van der Waals surface area contributed by atoms with E-state index in [-0.39, 0.29) is 11.7 Å². The molecule has 0 fully saturated rings. The van der Waals surface area contributed by atoms with Gasteiger partial charge >= 0.3 is 0 Å². The number of hydrogen-bond donors (Lipinski definition) is 1. The predicted molar refractivity (Wildman–Crippen MR) is 105 cm³/mol. The van der Waals surface area contributed by atoms with Crippen LogP contribution >= 0.6 is 0 Å². The van der Waals surface area contributed by atoms with Gasteiger partial charge in [-0.15, -0.1) is 0 Å². The molecule has 1 heterocycles. The highest BCUT2D eigenvalue weighted by atomic mass is 16.5. The van der Waals surface area contributed by atoms with Gasteiger partial charge in [-0.1, -0.05) is 12.1 Å². The standard InChI is InChI=1S/C22H22N2O3/c1-4-26-20-11-16-9-15(3)27-21(16)12-17(20)10-18(13-23)22(25)24-19-7-5-6-14(2)8-19/h5-8,10-12,15H,4,9H2,1-3H3,(H,24,25)/b18-10-. The van der Waals surface area contributed by atoms with E-state index in [4.69, 9.17) is 9.47 Å². The van der Waals surface area contributed by atoms with Gasteiger partial charge in [-0.2, -0.15) is 5.26 Å². The molecule has 1 aliphatic heterocycles. The SMILES string of the molecule is CCOc1cc2c(cc1/C=C(/C#N)C(=O)Nc1cccc(C)c1)OC(C)C2. The van der Waals surface area contributed by atoms with Gasteiger partial charge in [-0.25, -0.2) is 0 Å². The van der Waals surface area contributed by atoms with E-state index in [2.05, 4.69) is 5.32 Å². The highest BCUT2D eigenvalue weighted by molar-refractivity contribution is 6.09. The average molecular weight is 362 g/mol. The third-order valence-corrected chi connectivity index (χ3v) is 4.27. The minimum atomic E-state index is -0.458. The largest absolute Gasteiger partial charge is 0.493 e. The number of ether oxygens (including phenoxy) is 2. The molecular formula is C22H22N2O3. The van der Waals surface area contributed by atoms with Crippen molar-refractivity contribution in [2.75, 3.05) is 11.9 Å². The average Bonchev–Trinajstić information content (AvgIpc) is 2.98. The summed E-state index contributed by atoms with van der Waals surface area (Å²) in [4.78, 5) is 12.5. The van der Waals surface area contributed by atoms with E-state index in [1.54, 1.807) is 12.1 Å². The maximum atomic E-state index is 12.5. The maximum Gasteiger partial charge on any atom is 0.266 e. The summed E-state index contributed by atoms with van der Waals surface area (Å²) >= 11 is 0. The molecule has 0 radical (unpaired) electrons. The summed E-state index contributed by atoms with van der Waals surface area (Å²) in [6.07, 6.45) is 2.47. The van der Waals surface area contributed by atoms with Crippen LogP contribution < -0.4 is 14.8 Å². The van der Waals surface area contributed by atoms with Gasteiger partial charge in [0.15, 0.2) is 0 Å². The Balaban J connectivity index is 1.92. The number of benzene rings is 2. The fourth-order valence-corrected chi connectivity index (χ4v) is 3.07. The molecule has 0 saturated heterocycles. The van der Waals surface area contributed by atoms with Gasteiger partial charge in [0, 0.05) is 23.2 Å². The molecule has 1 amide bonds. The summed E-state index contributed by atoms with van der Waals surface area (Å²) < 4.78 is 11.5. The molecule has 1 atom stereocenters. The summed E-state index contributed by atoms with van der Waals surface area (Å²) in [6, 6.07) is 13.2. The molecule has 1 aliphatic rings. The molecule has 0 aliphatic carbocycles. The van der Waals surface area contributed by atoms with Crippen molar-refractivity contribution < 1.29 is 14.3 Å². The zero-order valence-electron chi connectivity index (χ0n) is 15.7. The van der Waals surface area contributed by atoms with Gasteiger partial charge in [0.05, 0.1) is 6.61 Å². The molecule has 27 heavy (non-hydrogen) atoms. The number of carbonyl (C=O) groups excluding carboxylic acids is 1. The zero-order chi connectivity index (χ0) is 19.4. The number of amides is 1. The molecule has 0 spiro atoms. The monoisotopic (exact) mass is 362 g/mol. The number of aryl methyl sites for hydroxylation is 1. The van der Waals surface area contributed by atoms with E-state index < -0.39 is 5.91 Å². The molecule has 2 aromatic rings. The fraction of sp³-hybridized carbons (Fsp3) is 0.273. The van der Waals surface area contributed by atoms with Gasteiger partial charge in [0.2, 0.25) is 0 Å². The lowest BCUT2D eigenvalue weighted by molar-refractivity contribution is -0.112. The fourth-order valence-electron chi connectivity index (χ4n) is 3.07. The van der Waals surface area contributed by atoms with Crippen LogP contribution in [0.15, 0.2) is 42.0 Å². The van der Waals surface area contributed by atoms with E-state index in [9.17, 15) is 10.1 Å². The van der Waals surface area contributed by atoms with Gasteiger partial charge in [0.25, 0.3) is 5.91 Å². The zero-order valence-corrected chi connectivity index (χ0v) is 15.7. The topological polar surface area (TPSA) is 71.3 Å². The first-order valence-electron chi connectivity index (χ1n) is 8.96. The van der Waals surface area contributed by atoms with Crippen molar-refractivity contribution >= 4 is 17.7 Å². The second kappa shape index (κ2) is 7.96. The van der Waals surface area contributed by atoms with Crippen molar-refractivity contribution in [1.82, 2.24) is 0 Å². The number of nitrogens with one attached hydrogen (secondary N) is 1. The Labute approximate surface area is 159 Å². The Bertz CT molecular complexity index is 941. The summed E-state index contributed by atoms with van der Waals surface area (Å²) in [5.74, 6) is 0.957. The third kappa shape index (κ3) is 4.29. The van der Waals surface area contributed by atoms with Crippen LogP contribution in [0.25, 0.3) is 6.08 Å². The van der Waals surface area contributed by atoms with E-state index in [1.807, 2.05) is 57.2 Å². The summed E-state index contributed by atoms with van der Waals surface area (Å²) in [6.45, 7) is 6.34. The third-order valence-electron chi connectivity index (χ3n) is 4.27. The molecule has 5 heteroatoms. The Morgan fingerprint density at radius 2 is 2.22 bits per heavy atom. The van der Waals surface area contributed by atoms with Crippen LogP contribution in [0.3, 0.4) is 0 Å². The molecule has 0 bridgehead atoms. The molecule has 138 valence electrons. The van der Waals surface area contributed by atoms with Crippen LogP contribution in [0.5, 0.6) is 11.5 Å². The maximum absolute atomic E-state index is 12.5. The molecular weight excluding hydrogens is 340 g/mol. The number of hydrogen-bond acceptors (Lipinski definition) is 4. The Hall–Kier alpha value is -3.26. The first kappa shape index (κ1) is 18.5. The van der Waals surface area contributed by atoms with Gasteiger partial charge in [0.1, 0.15) is 29.2 Å². The lowest BCUT2D eigenvalue weighted by Gasteiger charge is -2.11. The smallest absolute Gasteiger partial charge is 0.266 e.